The number of hydrogen-bond acceptors (Lipinski definition) is 3. The van der Waals surface area contributed by atoms with Gasteiger partial charge in [0.05, 0.1) is 0 Å². The van der Waals surface area contributed by atoms with Gasteiger partial charge in [0.1, 0.15) is 6.04 Å². The first kappa shape index (κ1) is 13.9. The highest BCUT2D eigenvalue weighted by molar-refractivity contribution is 5.87. The SMILES string of the molecule is CCC(C)(CCO)NC(=O)[C@@H]1Cc2ccccc2N1. The van der Waals surface area contributed by atoms with Crippen LogP contribution in [0.3, 0.4) is 0 Å². The lowest BCUT2D eigenvalue weighted by Crippen LogP contribution is -2.51. The van der Waals surface area contributed by atoms with Crippen LogP contribution in [-0.4, -0.2) is 29.2 Å². The van der Waals surface area contributed by atoms with Crippen LogP contribution in [0.5, 0.6) is 0 Å². The molecule has 1 aromatic carbocycles. The predicted molar refractivity (Wildman–Crippen MR) is 76.1 cm³/mol. The van der Waals surface area contributed by atoms with Crippen molar-refractivity contribution >= 4 is 11.6 Å². The van der Waals surface area contributed by atoms with Gasteiger partial charge in [0.25, 0.3) is 0 Å². The molecule has 1 heterocycles. The molecule has 19 heavy (non-hydrogen) atoms. The third kappa shape index (κ3) is 3.07. The maximum atomic E-state index is 12.3. The van der Waals surface area contributed by atoms with Crippen LogP contribution < -0.4 is 10.6 Å². The van der Waals surface area contributed by atoms with E-state index in [9.17, 15) is 4.79 Å². The molecule has 4 heteroatoms. The average molecular weight is 262 g/mol. The van der Waals surface area contributed by atoms with Crippen molar-refractivity contribution in [1.82, 2.24) is 5.32 Å². The fourth-order valence-electron chi connectivity index (χ4n) is 2.41. The monoisotopic (exact) mass is 262 g/mol. The lowest BCUT2D eigenvalue weighted by atomic mass is 9.94. The standard InChI is InChI=1S/C15H22N2O2/c1-3-15(2,8-9-18)17-14(19)13-10-11-6-4-5-7-12(11)16-13/h4-7,13,16,18H,3,8-10H2,1-2H3,(H,17,19)/t13-,15?/m0/s1. The van der Waals surface area contributed by atoms with E-state index < -0.39 is 0 Å². The third-order valence-corrected chi connectivity index (χ3v) is 3.96. The molecule has 3 N–H and O–H groups in total. The largest absolute Gasteiger partial charge is 0.396 e. The summed E-state index contributed by atoms with van der Waals surface area (Å²) in [7, 11) is 0. The van der Waals surface area contributed by atoms with Crippen LogP contribution >= 0.6 is 0 Å². The Morgan fingerprint density at radius 1 is 1.53 bits per heavy atom. The molecule has 104 valence electrons. The Hall–Kier alpha value is -1.55. The molecule has 0 spiro atoms. The van der Waals surface area contributed by atoms with Gasteiger partial charge in [0.2, 0.25) is 5.91 Å². The molecule has 1 aliphatic heterocycles. The van der Waals surface area contributed by atoms with Gasteiger partial charge in [-0.25, -0.2) is 0 Å². The van der Waals surface area contributed by atoms with Crippen molar-refractivity contribution in [3.05, 3.63) is 29.8 Å². The molecular formula is C15H22N2O2. The van der Waals surface area contributed by atoms with E-state index in [2.05, 4.69) is 10.6 Å². The number of amides is 1. The van der Waals surface area contributed by atoms with Crippen LogP contribution in [0.15, 0.2) is 24.3 Å². The molecule has 0 fully saturated rings. The lowest BCUT2D eigenvalue weighted by molar-refractivity contribution is -0.123. The number of aliphatic hydroxyl groups is 1. The number of carbonyl (C=O) groups is 1. The van der Waals surface area contributed by atoms with Gasteiger partial charge in [0, 0.05) is 24.3 Å². The summed E-state index contributed by atoms with van der Waals surface area (Å²) >= 11 is 0. The van der Waals surface area contributed by atoms with E-state index in [0.29, 0.717) is 6.42 Å². The molecule has 1 aliphatic rings. The summed E-state index contributed by atoms with van der Waals surface area (Å²) < 4.78 is 0. The topological polar surface area (TPSA) is 61.4 Å². The molecule has 0 radical (unpaired) electrons. The van der Waals surface area contributed by atoms with Gasteiger partial charge in [-0.2, -0.15) is 0 Å². The number of para-hydroxylation sites is 1. The van der Waals surface area contributed by atoms with Gasteiger partial charge < -0.3 is 15.7 Å². The normalized spacial score (nSPS) is 20.3. The molecule has 1 aromatic rings. The van der Waals surface area contributed by atoms with E-state index >= 15 is 0 Å². The Kier molecular flexibility index (Phi) is 4.10. The number of hydrogen-bond donors (Lipinski definition) is 3. The van der Waals surface area contributed by atoms with Gasteiger partial charge in [0.15, 0.2) is 0 Å². The molecular weight excluding hydrogens is 240 g/mol. The van der Waals surface area contributed by atoms with Gasteiger partial charge in [-0.3, -0.25) is 4.79 Å². The Morgan fingerprint density at radius 3 is 2.89 bits per heavy atom. The number of benzene rings is 1. The Balaban J connectivity index is 1.99. The van der Waals surface area contributed by atoms with E-state index in [4.69, 9.17) is 5.11 Å². The minimum atomic E-state index is -0.331. The van der Waals surface area contributed by atoms with Crippen molar-refractivity contribution in [1.29, 1.82) is 0 Å². The van der Waals surface area contributed by atoms with Crippen LogP contribution in [0, 0.1) is 0 Å². The van der Waals surface area contributed by atoms with Crippen molar-refractivity contribution in [3.63, 3.8) is 0 Å². The zero-order chi connectivity index (χ0) is 13.9. The second-order valence-corrected chi connectivity index (χ2v) is 5.44. The number of anilines is 1. The molecule has 0 aromatic heterocycles. The van der Waals surface area contributed by atoms with E-state index in [1.54, 1.807) is 0 Å². The smallest absolute Gasteiger partial charge is 0.243 e. The summed E-state index contributed by atoms with van der Waals surface area (Å²) in [5.41, 5.74) is 1.90. The Bertz CT molecular complexity index is 436. The number of carbonyl (C=O) groups excluding carboxylic acids is 1. The zero-order valence-corrected chi connectivity index (χ0v) is 11.6. The zero-order valence-electron chi connectivity index (χ0n) is 11.6. The summed E-state index contributed by atoms with van der Waals surface area (Å²) in [5, 5.41) is 15.4. The van der Waals surface area contributed by atoms with Gasteiger partial charge in [-0.05, 0) is 31.4 Å². The molecule has 0 saturated carbocycles. The molecule has 0 saturated heterocycles. The minimum absolute atomic E-state index is 0.00833. The highest BCUT2D eigenvalue weighted by atomic mass is 16.3. The van der Waals surface area contributed by atoms with E-state index in [-0.39, 0.29) is 24.1 Å². The van der Waals surface area contributed by atoms with Crippen LogP contribution in [-0.2, 0) is 11.2 Å². The Labute approximate surface area is 114 Å². The molecule has 0 aliphatic carbocycles. The molecule has 1 unspecified atom stereocenters. The van der Waals surface area contributed by atoms with Crippen molar-refractivity contribution in [2.75, 3.05) is 11.9 Å². The van der Waals surface area contributed by atoms with Crippen LogP contribution in [0.1, 0.15) is 32.3 Å². The second kappa shape index (κ2) is 5.61. The molecule has 2 atom stereocenters. The fraction of sp³-hybridized carbons (Fsp3) is 0.533. The van der Waals surface area contributed by atoms with E-state index in [1.165, 1.54) is 5.56 Å². The Morgan fingerprint density at radius 2 is 2.26 bits per heavy atom. The molecule has 0 bridgehead atoms. The van der Waals surface area contributed by atoms with Crippen LogP contribution in [0.4, 0.5) is 5.69 Å². The van der Waals surface area contributed by atoms with Gasteiger partial charge in [-0.15, -0.1) is 0 Å². The number of rotatable bonds is 5. The quantitative estimate of drug-likeness (QED) is 0.757. The van der Waals surface area contributed by atoms with Crippen molar-refractivity contribution in [2.24, 2.45) is 0 Å². The highest BCUT2D eigenvalue weighted by Crippen LogP contribution is 2.25. The van der Waals surface area contributed by atoms with Gasteiger partial charge in [-0.1, -0.05) is 25.1 Å². The van der Waals surface area contributed by atoms with E-state index in [0.717, 1.165) is 18.5 Å². The number of nitrogens with one attached hydrogen (secondary N) is 2. The minimum Gasteiger partial charge on any atom is -0.396 e. The average Bonchev–Trinajstić information content (AvgIpc) is 2.83. The first-order valence-electron chi connectivity index (χ1n) is 6.85. The highest BCUT2D eigenvalue weighted by Gasteiger charge is 2.31. The predicted octanol–water partition coefficient (Wildman–Crippen LogP) is 1.69. The number of fused-ring (bicyclic) bond motifs is 1. The van der Waals surface area contributed by atoms with Crippen molar-refractivity contribution in [2.45, 2.75) is 44.7 Å². The maximum Gasteiger partial charge on any atom is 0.243 e. The molecule has 2 rings (SSSR count). The van der Waals surface area contributed by atoms with E-state index in [1.807, 2.05) is 38.1 Å². The summed E-state index contributed by atoms with van der Waals surface area (Å²) in [5.74, 6) is 0.00833. The second-order valence-electron chi connectivity index (χ2n) is 5.44. The first-order chi connectivity index (χ1) is 9.08. The summed E-state index contributed by atoms with van der Waals surface area (Å²) in [6, 6.07) is 7.79. The van der Waals surface area contributed by atoms with Gasteiger partial charge >= 0.3 is 0 Å². The molecule has 1 amide bonds. The number of aliphatic hydroxyl groups excluding tert-OH is 1. The first-order valence-corrected chi connectivity index (χ1v) is 6.85. The van der Waals surface area contributed by atoms with Crippen molar-refractivity contribution < 1.29 is 9.90 Å². The summed E-state index contributed by atoms with van der Waals surface area (Å²) in [6.45, 7) is 4.08. The fourth-order valence-corrected chi connectivity index (χ4v) is 2.41. The summed E-state index contributed by atoms with van der Waals surface area (Å²) in [6.07, 6.45) is 2.11. The van der Waals surface area contributed by atoms with Crippen molar-refractivity contribution in [3.8, 4) is 0 Å². The van der Waals surface area contributed by atoms with Crippen LogP contribution in [0.25, 0.3) is 0 Å². The maximum absolute atomic E-state index is 12.3. The summed E-state index contributed by atoms with van der Waals surface area (Å²) in [4.78, 5) is 12.3. The third-order valence-electron chi connectivity index (χ3n) is 3.96. The molecule has 4 nitrogen and oxygen atoms in total. The van der Waals surface area contributed by atoms with Crippen LogP contribution in [0.2, 0.25) is 0 Å². The lowest BCUT2D eigenvalue weighted by Gasteiger charge is -2.30.